The summed E-state index contributed by atoms with van der Waals surface area (Å²) in [6, 6.07) is 15.2. The summed E-state index contributed by atoms with van der Waals surface area (Å²) in [4.78, 5) is -0.0925. The fourth-order valence-electron chi connectivity index (χ4n) is 2.95. The van der Waals surface area contributed by atoms with E-state index < -0.39 is 20.0 Å². The molecule has 0 heterocycles. The lowest BCUT2D eigenvalue weighted by Gasteiger charge is -2.15. The third-order valence-corrected chi connectivity index (χ3v) is 7.59. The van der Waals surface area contributed by atoms with Crippen molar-refractivity contribution in [2.45, 2.75) is 23.6 Å². The molecule has 3 rings (SSSR count). The van der Waals surface area contributed by atoms with Crippen LogP contribution in [0.2, 0.25) is 0 Å². The van der Waals surface area contributed by atoms with Crippen molar-refractivity contribution in [1.82, 2.24) is 0 Å². The maximum atomic E-state index is 13.0. The molecule has 32 heavy (non-hydrogen) atoms. The summed E-state index contributed by atoms with van der Waals surface area (Å²) >= 11 is 0. The molecule has 0 radical (unpaired) electrons. The molecule has 0 spiro atoms. The minimum Gasteiger partial charge on any atom is -0.495 e. The summed E-state index contributed by atoms with van der Waals surface area (Å²) in [7, 11) is -5.23. The molecule has 3 aromatic carbocycles. The van der Waals surface area contributed by atoms with Crippen molar-refractivity contribution in [3.63, 3.8) is 0 Å². The average molecular weight is 477 g/mol. The van der Waals surface area contributed by atoms with Crippen LogP contribution in [0.15, 0.2) is 70.5 Å². The van der Waals surface area contributed by atoms with Crippen molar-refractivity contribution in [3.8, 4) is 11.5 Å². The summed E-state index contributed by atoms with van der Waals surface area (Å²) < 4.78 is 67.0. The molecule has 0 fully saturated rings. The second kappa shape index (κ2) is 9.09. The Labute approximate surface area is 188 Å². The number of sulfonamides is 2. The number of hydrogen-bond donors (Lipinski definition) is 2. The van der Waals surface area contributed by atoms with Crippen LogP contribution in [0.1, 0.15) is 11.1 Å². The molecule has 0 amide bonds. The van der Waals surface area contributed by atoms with E-state index >= 15 is 0 Å². The van der Waals surface area contributed by atoms with E-state index in [4.69, 9.17) is 9.47 Å². The Balaban J connectivity index is 1.98. The Morgan fingerprint density at radius 1 is 0.625 bits per heavy atom. The third-order valence-electron chi connectivity index (χ3n) is 4.87. The maximum absolute atomic E-state index is 13.0. The number of methoxy groups -OCH3 is 2. The third kappa shape index (κ3) is 4.97. The van der Waals surface area contributed by atoms with Gasteiger partial charge >= 0.3 is 0 Å². The number of nitrogens with one attached hydrogen (secondary N) is 2. The van der Waals surface area contributed by atoms with Crippen LogP contribution in [0.5, 0.6) is 11.5 Å². The van der Waals surface area contributed by atoms with Gasteiger partial charge in [-0.15, -0.1) is 0 Å². The van der Waals surface area contributed by atoms with Crippen LogP contribution in [0, 0.1) is 13.8 Å². The van der Waals surface area contributed by atoms with Crippen LogP contribution in [-0.4, -0.2) is 31.1 Å². The van der Waals surface area contributed by atoms with Gasteiger partial charge in [0.2, 0.25) is 0 Å². The number of anilines is 2. The average Bonchev–Trinajstić information content (AvgIpc) is 2.75. The molecule has 10 heteroatoms. The number of ether oxygens (including phenoxy) is 2. The molecule has 8 nitrogen and oxygen atoms in total. The predicted molar refractivity (Wildman–Crippen MR) is 124 cm³/mol. The van der Waals surface area contributed by atoms with Gasteiger partial charge in [0.05, 0.1) is 35.4 Å². The first-order chi connectivity index (χ1) is 15.1. The Hall–Kier alpha value is -3.24. The molecule has 0 aliphatic carbocycles. The number of rotatable bonds is 8. The zero-order valence-corrected chi connectivity index (χ0v) is 19.7. The Morgan fingerprint density at radius 3 is 1.78 bits per heavy atom. The van der Waals surface area contributed by atoms with Crippen molar-refractivity contribution >= 4 is 31.4 Å². The molecule has 170 valence electrons. The van der Waals surface area contributed by atoms with Crippen molar-refractivity contribution in [2.24, 2.45) is 0 Å². The van der Waals surface area contributed by atoms with Crippen LogP contribution < -0.4 is 18.9 Å². The van der Waals surface area contributed by atoms with Crippen LogP contribution in [0.25, 0.3) is 0 Å². The standard InChI is InChI=1S/C22H24N2O6S2/c1-15-9-10-17(13-16(15)2)31(25,26)24-20-14-18(11-12-22(20)30-4)32(27,28)23-19-7-5-6-8-21(19)29-3/h5-14,23-24H,1-4H3. The van der Waals surface area contributed by atoms with Crippen LogP contribution in [0.3, 0.4) is 0 Å². The monoisotopic (exact) mass is 476 g/mol. The molecular weight excluding hydrogens is 452 g/mol. The molecule has 3 aromatic rings. The number of benzene rings is 3. The van der Waals surface area contributed by atoms with Crippen LogP contribution >= 0.6 is 0 Å². The minimum absolute atomic E-state index is 0.00590. The summed E-state index contributed by atoms with van der Waals surface area (Å²) in [5.74, 6) is 0.522. The van der Waals surface area contributed by atoms with E-state index in [0.717, 1.165) is 11.1 Å². The summed E-state index contributed by atoms with van der Waals surface area (Å²) in [5, 5.41) is 0. The lowest BCUT2D eigenvalue weighted by Crippen LogP contribution is -2.16. The van der Waals surface area contributed by atoms with Crippen molar-refractivity contribution < 1.29 is 26.3 Å². The van der Waals surface area contributed by atoms with Gasteiger partial charge < -0.3 is 9.47 Å². The highest BCUT2D eigenvalue weighted by Gasteiger charge is 2.22. The SMILES string of the molecule is COc1ccccc1NS(=O)(=O)c1ccc(OC)c(NS(=O)(=O)c2ccc(C)c(C)c2)c1. The van der Waals surface area contributed by atoms with Gasteiger partial charge in [0.25, 0.3) is 20.0 Å². The fraction of sp³-hybridized carbons (Fsp3) is 0.182. The van der Waals surface area contributed by atoms with Crippen molar-refractivity contribution in [1.29, 1.82) is 0 Å². The number of hydrogen-bond acceptors (Lipinski definition) is 6. The summed E-state index contributed by atoms with van der Waals surface area (Å²) in [6.07, 6.45) is 0. The number of para-hydroxylation sites is 2. The summed E-state index contributed by atoms with van der Waals surface area (Å²) in [6.45, 7) is 3.69. The van der Waals surface area contributed by atoms with E-state index in [1.54, 1.807) is 36.4 Å². The molecular formula is C22H24N2O6S2. The van der Waals surface area contributed by atoms with Crippen molar-refractivity contribution in [2.75, 3.05) is 23.7 Å². The highest BCUT2D eigenvalue weighted by molar-refractivity contribution is 7.93. The zero-order valence-electron chi connectivity index (χ0n) is 18.0. The molecule has 0 atom stereocenters. The molecule has 0 aliphatic heterocycles. The Bertz CT molecular complexity index is 1350. The lowest BCUT2D eigenvalue weighted by atomic mass is 10.1. The van der Waals surface area contributed by atoms with E-state index in [2.05, 4.69) is 9.44 Å². The molecule has 0 saturated heterocycles. The zero-order chi connectivity index (χ0) is 23.5. The van der Waals surface area contributed by atoms with E-state index in [-0.39, 0.29) is 26.9 Å². The van der Waals surface area contributed by atoms with Gasteiger partial charge in [-0.05, 0) is 67.4 Å². The maximum Gasteiger partial charge on any atom is 0.262 e. The highest BCUT2D eigenvalue weighted by Crippen LogP contribution is 2.32. The van der Waals surface area contributed by atoms with Gasteiger partial charge in [0, 0.05) is 0 Å². The van der Waals surface area contributed by atoms with Gasteiger partial charge in [-0.3, -0.25) is 9.44 Å². The normalized spacial score (nSPS) is 11.6. The smallest absolute Gasteiger partial charge is 0.262 e. The Morgan fingerprint density at radius 2 is 1.16 bits per heavy atom. The van der Waals surface area contributed by atoms with Gasteiger partial charge in [-0.25, -0.2) is 16.8 Å². The van der Waals surface area contributed by atoms with E-state index in [0.29, 0.717) is 5.75 Å². The minimum atomic E-state index is -4.05. The first-order valence-corrected chi connectivity index (χ1v) is 12.5. The van der Waals surface area contributed by atoms with Gasteiger partial charge in [-0.1, -0.05) is 18.2 Å². The van der Waals surface area contributed by atoms with Gasteiger partial charge in [0.15, 0.2) is 0 Å². The van der Waals surface area contributed by atoms with E-state index in [1.165, 1.54) is 38.5 Å². The van der Waals surface area contributed by atoms with E-state index in [9.17, 15) is 16.8 Å². The first-order valence-electron chi connectivity index (χ1n) is 9.51. The molecule has 0 aromatic heterocycles. The molecule has 0 bridgehead atoms. The van der Waals surface area contributed by atoms with E-state index in [1.807, 2.05) is 13.8 Å². The Kier molecular flexibility index (Phi) is 6.65. The molecule has 0 unspecified atom stereocenters. The quantitative estimate of drug-likeness (QED) is 0.510. The predicted octanol–water partition coefficient (Wildman–Crippen LogP) is 3.92. The van der Waals surface area contributed by atoms with Gasteiger partial charge in [0.1, 0.15) is 11.5 Å². The summed E-state index contributed by atoms with van der Waals surface area (Å²) in [5.41, 5.74) is 2.02. The van der Waals surface area contributed by atoms with Crippen molar-refractivity contribution in [3.05, 3.63) is 71.8 Å². The van der Waals surface area contributed by atoms with Crippen LogP contribution in [0.4, 0.5) is 11.4 Å². The molecule has 0 aliphatic rings. The number of aryl methyl sites for hydroxylation is 2. The largest absolute Gasteiger partial charge is 0.495 e. The lowest BCUT2D eigenvalue weighted by molar-refractivity contribution is 0.416. The van der Waals surface area contributed by atoms with Crippen LogP contribution in [-0.2, 0) is 20.0 Å². The topological polar surface area (TPSA) is 111 Å². The highest BCUT2D eigenvalue weighted by atomic mass is 32.2. The fourth-order valence-corrected chi connectivity index (χ4v) is 5.19. The molecule has 2 N–H and O–H groups in total. The molecule has 0 saturated carbocycles. The second-order valence-corrected chi connectivity index (χ2v) is 10.4. The first kappa shape index (κ1) is 23.4. The second-order valence-electron chi connectivity index (χ2n) is 7.02. The van der Waals surface area contributed by atoms with Gasteiger partial charge in [-0.2, -0.15) is 0 Å².